The molecule has 2 aliphatic rings. The summed E-state index contributed by atoms with van der Waals surface area (Å²) in [5.74, 6) is 0.257. The highest BCUT2D eigenvalue weighted by atomic mass is 32.2. The van der Waals surface area contributed by atoms with E-state index in [1.165, 1.54) is 23.1 Å². The summed E-state index contributed by atoms with van der Waals surface area (Å²) in [4.78, 5) is 14.9. The molecule has 3 heterocycles. The van der Waals surface area contributed by atoms with Gasteiger partial charge in [-0.3, -0.25) is 4.79 Å². The Labute approximate surface area is 191 Å². The highest BCUT2D eigenvalue weighted by molar-refractivity contribution is 8.01. The zero-order valence-electron chi connectivity index (χ0n) is 17.7. The van der Waals surface area contributed by atoms with Crippen molar-refractivity contribution in [2.75, 3.05) is 35.6 Å². The second-order valence-electron chi connectivity index (χ2n) is 8.01. The summed E-state index contributed by atoms with van der Waals surface area (Å²) in [6, 6.07) is 5.43. The molecular weight excluding hydrogens is 454 g/mol. The van der Waals surface area contributed by atoms with Crippen LogP contribution in [0, 0.1) is 0 Å². The molecule has 2 aromatic rings. The van der Waals surface area contributed by atoms with Crippen LogP contribution < -0.4 is 10.2 Å². The van der Waals surface area contributed by atoms with Gasteiger partial charge in [0.1, 0.15) is 0 Å². The summed E-state index contributed by atoms with van der Waals surface area (Å²) in [7, 11) is -3.47. The van der Waals surface area contributed by atoms with Crippen LogP contribution in [0.4, 0.5) is 10.8 Å². The van der Waals surface area contributed by atoms with E-state index in [0.717, 1.165) is 40.0 Å². The molecule has 31 heavy (non-hydrogen) atoms. The lowest BCUT2D eigenvalue weighted by molar-refractivity contribution is -0.116. The Bertz CT molecular complexity index is 1050. The third kappa shape index (κ3) is 5.05. The normalized spacial score (nSPS) is 17.2. The summed E-state index contributed by atoms with van der Waals surface area (Å²) in [6.07, 6.45) is 3.57. The molecule has 1 aromatic heterocycles. The maximum absolute atomic E-state index is 13.0. The predicted molar refractivity (Wildman–Crippen MR) is 125 cm³/mol. The first-order chi connectivity index (χ1) is 14.8. The molecule has 0 spiro atoms. The van der Waals surface area contributed by atoms with Gasteiger partial charge in [-0.25, -0.2) is 8.42 Å². The molecule has 1 fully saturated rings. The van der Waals surface area contributed by atoms with Crippen LogP contribution in [0.2, 0.25) is 0 Å². The number of carbonyl (C=O) groups is 1. The Morgan fingerprint density at radius 1 is 1.19 bits per heavy atom. The number of fused-ring (bicyclic) bond motifs is 1. The molecule has 8 nitrogen and oxygen atoms in total. The highest BCUT2D eigenvalue weighted by Gasteiger charge is 2.30. The molecule has 0 atom stereocenters. The number of benzene rings is 1. The predicted octanol–water partition coefficient (Wildman–Crippen LogP) is 3.21. The van der Waals surface area contributed by atoms with E-state index in [2.05, 4.69) is 15.5 Å². The molecule has 2 aliphatic heterocycles. The van der Waals surface area contributed by atoms with Crippen molar-refractivity contribution in [1.29, 1.82) is 0 Å². The van der Waals surface area contributed by atoms with Gasteiger partial charge in [-0.2, -0.15) is 4.31 Å². The van der Waals surface area contributed by atoms with Crippen LogP contribution in [-0.4, -0.2) is 60.3 Å². The molecule has 1 N–H and O–H groups in total. The van der Waals surface area contributed by atoms with Gasteiger partial charge in [0, 0.05) is 31.4 Å². The molecule has 168 valence electrons. The minimum atomic E-state index is -3.47. The third-order valence-electron chi connectivity index (χ3n) is 5.34. The van der Waals surface area contributed by atoms with Crippen LogP contribution in [0.25, 0.3) is 0 Å². The van der Waals surface area contributed by atoms with Gasteiger partial charge in [0.05, 0.1) is 10.6 Å². The number of nitrogens with zero attached hydrogens (tertiary/aromatic N) is 4. The van der Waals surface area contributed by atoms with Crippen LogP contribution in [0.5, 0.6) is 0 Å². The number of hydrogen-bond acceptors (Lipinski definition) is 8. The number of hydrogen-bond donors (Lipinski definition) is 1. The van der Waals surface area contributed by atoms with Crippen molar-refractivity contribution in [3.8, 4) is 0 Å². The summed E-state index contributed by atoms with van der Waals surface area (Å²) >= 11 is 2.81. The van der Waals surface area contributed by atoms with E-state index in [-0.39, 0.29) is 17.7 Å². The van der Waals surface area contributed by atoms with E-state index in [1.807, 2.05) is 13.8 Å². The number of thioether (sulfide) groups is 1. The average molecular weight is 482 g/mol. The highest BCUT2D eigenvalue weighted by Crippen LogP contribution is 2.33. The lowest BCUT2D eigenvalue weighted by Gasteiger charge is -2.26. The minimum absolute atomic E-state index is 0.0102. The van der Waals surface area contributed by atoms with Gasteiger partial charge in [-0.15, -0.1) is 10.2 Å². The summed E-state index contributed by atoms with van der Waals surface area (Å²) in [5, 5.41) is 12.2. The Morgan fingerprint density at radius 3 is 2.71 bits per heavy atom. The van der Waals surface area contributed by atoms with Crippen LogP contribution >= 0.6 is 23.1 Å². The second-order valence-corrected chi connectivity index (χ2v) is 12.1. The molecule has 11 heteroatoms. The average Bonchev–Trinajstić information content (AvgIpc) is 3.38. The first kappa shape index (κ1) is 22.5. The number of nitrogens with one attached hydrogen (secondary N) is 1. The topological polar surface area (TPSA) is 95.5 Å². The maximum atomic E-state index is 13.0. The van der Waals surface area contributed by atoms with Gasteiger partial charge in [-0.05, 0) is 56.9 Å². The van der Waals surface area contributed by atoms with Crippen molar-refractivity contribution >= 4 is 49.8 Å². The van der Waals surface area contributed by atoms with Crippen molar-refractivity contribution in [1.82, 2.24) is 14.5 Å². The molecule has 0 aliphatic carbocycles. The van der Waals surface area contributed by atoms with Gasteiger partial charge < -0.3 is 10.2 Å². The van der Waals surface area contributed by atoms with Crippen molar-refractivity contribution in [2.45, 2.75) is 54.8 Å². The van der Waals surface area contributed by atoms with Crippen molar-refractivity contribution in [2.24, 2.45) is 0 Å². The maximum Gasteiger partial charge on any atom is 0.243 e. The van der Waals surface area contributed by atoms with Gasteiger partial charge in [-0.1, -0.05) is 29.5 Å². The van der Waals surface area contributed by atoms with Gasteiger partial charge in [0.2, 0.25) is 21.1 Å². The third-order valence-corrected chi connectivity index (χ3v) is 9.21. The van der Waals surface area contributed by atoms with Gasteiger partial charge in [0.15, 0.2) is 4.34 Å². The lowest BCUT2D eigenvalue weighted by Crippen LogP contribution is -2.35. The standard InChI is InChI=1S/C20H27N5O3S3/c1-14(2)21-19-22-23-20(30-19)29-13-18(26)25-11-8-15-12-16(6-7-17(15)25)31(27,28)24-9-4-3-5-10-24/h6-7,12,14H,3-5,8-11,13H2,1-2H3,(H,21,22). The fraction of sp³-hybridized carbons (Fsp3) is 0.550. The fourth-order valence-corrected chi connectivity index (χ4v) is 7.17. The van der Waals surface area contributed by atoms with E-state index in [4.69, 9.17) is 0 Å². The summed E-state index contributed by atoms with van der Waals surface area (Å²) < 4.78 is 28.2. The summed E-state index contributed by atoms with van der Waals surface area (Å²) in [5.41, 5.74) is 1.72. The summed E-state index contributed by atoms with van der Waals surface area (Å²) in [6.45, 7) is 5.80. The first-order valence-corrected chi connectivity index (χ1v) is 13.7. The van der Waals surface area contributed by atoms with Gasteiger partial charge >= 0.3 is 0 Å². The molecule has 4 rings (SSSR count). The number of aromatic nitrogens is 2. The van der Waals surface area contributed by atoms with E-state index < -0.39 is 10.0 Å². The van der Waals surface area contributed by atoms with Crippen molar-refractivity contribution in [3.63, 3.8) is 0 Å². The number of sulfonamides is 1. The smallest absolute Gasteiger partial charge is 0.243 e. The minimum Gasteiger partial charge on any atom is -0.358 e. The Morgan fingerprint density at radius 2 is 1.97 bits per heavy atom. The van der Waals surface area contributed by atoms with Crippen LogP contribution in [0.15, 0.2) is 27.4 Å². The molecule has 1 aromatic carbocycles. The molecule has 1 amide bonds. The molecule has 0 bridgehead atoms. The molecule has 1 saturated heterocycles. The van der Waals surface area contributed by atoms with E-state index >= 15 is 0 Å². The molecule has 0 radical (unpaired) electrons. The Hall–Kier alpha value is -1.69. The number of anilines is 2. The van der Waals surface area contributed by atoms with Crippen molar-refractivity contribution < 1.29 is 13.2 Å². The Balaban J connectivity index is 1.41. The van der Waals surface area contributed by atoms with Crippen LogP contribution in [0.3, 0.4) is 0 Å². The van der Waals surface area contributed by atoms with Gasteiger partial charge in [0.25, 0.3) is 0 Å². The number of carbonyl (C=O) groups excluding carboxylic acids is 1. The Kier molecular flexibility index (Phi) is 6.85. The lowest BCUT2D eigenvalue weighted by atomic mass is 10.2. The SMILES string of the molecule is CC(C)Nc1nnc(SCC(=O)N2CCc3cc(S(=O)(=O)N4CCCCC4)ccc32)s1. The fourth-order valence-electron chi connectivity index (χ4n) is 3.83. The van der Waals surface area contributed by atoms with E-state index in [0.29, 0.717) is 31.0 Å². The monoisotopic (exact) mass is 481 g/mol. The number of piperidine rings is 1. The quantitative estimate of drug-likeness (QED) is 0.607. The molecule has 0 unspecified atom stereocenters. The number of rotatable bonds is 7. The zero-order chi connectivity index (χ0) is 22.0. The van der Waals surface area contributed by atoms with Crippen LogP contribution in [-0.2, 0) is 21.2 Å². The molecule has 0 saturated carbocycles. The van der Waals surface area contributed by atoms with Crippen molar-refractivity contribution in [3.05, 3.63) is 23.8 Å². The van der Waals surface area contributed by atoms with E-state index in [9.17, 15) is 13.2 Å². The first-order valence-electron chi connectivity index (χ1n) is 10.5. The zero-order valence-corrected chi connectivity index (χ0v) is 20.2. The van der Waals surface area contributed by atoms with E-state index in [1.54, 1.807) is 27.4 Å². The number of amides is 1. The molecular formula is C20H27N5O3S3. The largest absolute Gasteiger partial charge is 0.358 e. The van der Waals surface area contributed by atoms with Crippen LogP contribution in [0.1, 0.15) is 38.7 Å². The second kappa shape index (κ2) is 9.43.